The fraction of sp³-hybridized carbons (Fsp3) is 0.611. The van der Waals surface area contributed by atoms with E-state index in [-0.39, 0.29) is 12.0 Å². The van der Waals surface area contributed by atoms with Gasteiger partial charge < -0.3 is 19.7 Å². The van der Waals surface area contributed by atoms with Crippen molar-refractivity contribution in [1.82, 2.24) is 4.90 Å². The van der Waals surface area contributed by atoms with E-state index < -0.39 is 0 Å². The summed E-state index contributed by atoms with van der Waals surface area (Å²) >= 11 is 0. The number of likely N-dealkylation sites (N-methyl/N-ethyl adjacent to an activating group) is 1. The van der Waals surface area contributed by atoms with Gasteiger partial charge in [-0.25, -0.2) is 0 Å². The molecule has 5 heteroatoms. The lowest BCUT2D eigenvalue weighted by Crippen LogP contribution is -2.20. The first-order valence-corrected chi connectivity index (χ1v) is 8.34. The number of nitrogens with zero attached hydrogens (tertiary/aromatic N) is 1. The third-order valence-corrected chi connectivity index (χ3v) is 3.92. The van der Waals surface area contributed by atoms with Gasteiger partial charge in [0, 0.05) is 19.6 Å². The molecule has 1 N–H and O–H groups in total. The normalized spacial score (nSPS) is 17.5. The SMILES string of the molecule is Cc1ccc(NC(=O)CCC2CCCO2)c(OCCN(C)C)c1. The summed E-state index contributed by atoms with van der Waals surface area (Å²) < 4.78 is 11.4. The first kappa shape index (κ1) is 17.8. The van der Waals surface area contributed by atoms with Gasteiger partial charge >= 0.3 is 0 Å². The minimum Gasteiger partial charge on any atom is -0.490 e. The van der Waals surface area contributed by atoms with Gasteiger partial charge in [0.2, 0.25) is 5.91 Å². The molecule has 1 aromatic rings. The number of rotatable bonds is 8. The smallest absolute Gasteiger partial charge is 0.224 e. The molecule has 1 aromatic carbocycles. The minimum absolute atomic E-state index is 0.0156. The monoisotopic (exact) mass is 320 g/mol. The lowest BCUT2D eigenvalue weighted by molar-refractivity contribution is -0.116. The van der Waals surface area contributed by atoms with Crippen LogP contribution in [0.4, 0.5) is 5.69 Å². The molecule has 1 amide bonds. The van der Waals surface area contributed by atoms with Crippen LogP contribution in [-0.4, -0.2) is 50.8 Å². The van der Waals surface area contributed by atoms with E-state index in [4.69, 9.17) is 9.47 Å². The summed E-state index contributed by atoms with van der Waals surface area (Å²) in [5.74, 6) is 0.749. The first-order valence-electron chi connectivity index (χ1n) is 8.34. The van der Waals surface area contributed by atoms with Crippen LogP contribution in [-0.2, 0) is 9.53 Å². The van der Waals surface area contributed by atoms with Gasteiger partial charge in [0.1, 0.15) is 12.4 Å². The van der Waals surface area contributed by atoms with E-state index in [2.05, 4.69) is 10.2 Å². The predicted molar refractivity (Wildman–Crippen MR) is 92.1 cm³/mol. The highest BCUT2D eigenvalue weighted by atomic mass is 16.5. The molecule has 0 saturated carbocycles. The van der Waals surface area contributed by atoms with Gasteiger partial charge in [0.15, 0.2) is 0 Å². The quantitative estimate of drug-likeness (QED) is 0.800. The van der Waals surface area contributed by atoms with E-state index in [1.807, 2.05) is 39.2 Å². The third kappa shape index (κ3) is 6.20. The maximum Gasteiger partial charge on any atom is 0.224 e. The van der Waals surface area contributed by atoms with E-state index in [0.29, 0.717) is 13.0 Å². The van der Waals surface area contributed by atoms with Crippen LogP contribution >= 0.6 is 0 Å². The summed E-state index contributed by atoms with van der Waals surface area (Å²) in [6, 6.07) is 5.85. The van der Waals surface area contributed by atoms with Crippen LogP contribution < -0.4 is 10.1 Å². The molecule has 2 rings (SSSR count). The number of ether oxygens (including phenoxy) is 2. The molecule has 128 valence electrons. The molecule has 1 aliphatic heterocycles. The average molecular weight is 320 g/mol. The summed E-state index contributed by atoms with van der Waals surface area (Å²) in [6.45, 7) is 4.27. The number of anilines is 1. The molecule has 0 bridgehead atoms. The van der Waals surface area contributed by atoms with Crippen molar-refractivity contribution in [3.05, 3.63) is 23.8 Å². The van der Waals surface area contributed by atoms with Gasteiger partial charge in [0.05, 0.1) is 11.8 Å². The van der Waals surface area contributed by atoms with Gasteiger partial charge in [0.25, 0.3) is 0 Å². The van der Waals surface area contributed by atoms with Crippen LogP contribution in [0, 0.1) is 6.92 Å². The number of nitrogens with one attached hydrogen (secondary N) is 1. The van der Waals surface area contributed by atoms with Crippen molar-refractivity contribution in [2.45, 2.75) is 38.7 Å². The zero-order valence-corrected chi connectivity index (χ0v) is 14.4. The average Bonchev–Trinajstić information content (AvgIpc) is 3.01. The van der Waals surface area contributed by atoms with Crippen molar-refractivity contribution in [2.75, 3.05) is 39.2 Å². The Morgan fingerprint density at radius 2 is 2.26 bits per heavy atom. The minimum atomic E-state index is 0.0156. The Kier molecular flexibility index (Phi) is 6.86. The fourth-order valence-corrected chi connectivity index (χ4v) is 2.57. The second-order valence-electron chi connectivity index (χ2n) is 6.37. The van der Waals surface area contributed by atoms with Gasteiger partial charge in [-0.3, -0.25) is 4.79 Å². The number of amides is 1. The van der Waals surface area contributed by atoms with Crippen molar-refractivity contribution in [2.24, 2.45) is 0 Å². The van der Waals surface area contributed by atoms with Crippen LogP contribution in [0.25, 0.3) is 0 Å². The summed E-state index contributed by atoms with van der Waals surface area (Å²) in [5.41, 5.74) is 1.86. The number of carbonyl (C=O) groups is 1. The molecule has 1 atom stereocenters. The second kappa shape index (κ2) is 8.89. The van der Waals surface area contributed by atoms with Crippen molar-refractivity contribution in [3.63, 3.8) is 0 Å². The summed E-state index contributed by atoms with van der Waals surface area (Å²) in [5, 5.41) is 2.97. The lowest BCUT2D eigenvalue weighted by atomic mass is 10.1. The number of hydrogen-bond donors (Lipinski definition) is 1. The molecule has 1 heterocycles. The zero-order valence-electron chi connectivity index (χ0n) is 14.4. The molecule has 1 aliphatic rings. The van der Waals surface area contributed by atoms with E-state index in [0.717, 1.165) is 49.4 Å². The standard InChI is InChI=1S/C18H28N2O3/c1-14-6-8-16(17(13-14)23-12-10-20(2)3)19-18(21)9-7-15-5-4-11-22-15/h6,8,13,15H,4-5,7,9-12H2,1-3H3,(H,19,21). The summed E-state index contributed by atoms with van der Waals surface area (Å²) in [4.78, 5) is 14.2. The molecule has 0 spiro atoms. The largest absolute Gasteiger partial charge is 0.490 e. The highest BCUT2D eigenvalue weighted by Gasteiger charge is 2.17. The number of carbonyl (C=O) groups excluding carboxylic acids is 1. The van der Waals surface area contributed by atoms with Crippen molar-refractivity contribution in [1.29, 1.82) is 0 Å². The maximum atomic E-state index is 12.2. The molecular formula is C18H28N2O3. The third-order valence-electron chi connectivity index (χ3n) is 3.92. The molecule has 1 fully saturated rings. The van der Waals surface area contributed by atoms with Crippen LogP contribution in [0.2, 0.25) is 0 Å². The molecule has 0 radical (unpaired) electrons. The van der Waals surface area contributed by atoms with E-state index >= 15 is 0 Å². The van der Waals surface area contributed by atoms with Crippen molar-refractivity contribution >= 4 is 11.6 Å². The van der Waals surface area contributed by atoms with Gasteiger partial charge in [-0.15, -0.1) is 0 Å². The van der Waals surface area contributed by atoms with Gasteiger partial charge in [-0.1, -0.05) is 6.07 Å². The number of benzene rings is 1. The number of aryl methyl sites for hydroxylation is 1. The van der Waals surface area contributed by atoms with Crippen LogP contribution in [0.15, 0.2) is 18.2 Å². The molecule has 0 aromatic heterocycles. The summed E-state index contributed by atoms with van der Waals surface area (Å²) in [7, 11) is 4.01. The Labute approximate surface area is 139 Å². The molecule has 0 aliphatic carbocycles. The molecule has 1 unspecified atom stereocenters. The topological polar surface area (TPSA) is 50.8 Å². The molecule has 5 nitrogen and oxygen atoms in total. The van der Waals surface area contributed by atoms with Gasteiger partial charge in [-0.2, -0.15) is 0 Å². The Bertz CT molecular complexity index is 511. The zero-order chi connectivity index (χ0) is 16.7. The van der Waals surface area contributed by atoms with Crippen molar-refractivity contribution in [3.8, 4) is 5.75 Å². The number of hydrogen-bond acceptors (Lipinski definition) is 4. The molecular weight excluding hydrogens is 292 g/mol. The second-order valence-corrected chi connectivity index (χ2v) is 6.37. The Morgan fingerprint density at radius 3 is 2.96 bits per heavy atom. The highest BCUT2D eigenvalue weighted by Crippen LogP contribution is 2.26. The van der Waals surface area contributed by atoms with Crippen LogP contribution in [0.3, 0.4) is 0 Å². The summed E-state index contributed by atoms with van der Waals surface area (Å²) in [6.07, 6.45) is 3.68. The van der Waals surface area contributed by atoms with Crippen LogP contribution in [0.1, 0.15) is 31.2 Å². The fourth-order valence-electron chi connectivity index (χ4n) is 2.57. The Balaban J connectivity index is 1.88. The first-order chi connectivity index (χ1) is 11.0. The van der Waals surface area contributed by atoms with E-state index in [1.165, 1.54) is 0 Å². The predicted octanol–water partition coefficient (Wildman–Crippen LogP) is 2.83. The molecule has 23 heavy (non-hydrogen) atoms. The lowest BCUT2D eigenvalue weighted by Gasteiger charge is -2.16. The highest BCUT2D eigenvalue weighted by molar-refractivity contribution is 5.92. The van der Waals surface area contributed by atoms with Crippen LogP contribution in [0.5, 0.6) is 5.75 Å². The van der Waals surface area contributed by atoms with Crippen molar-refractivity contribution < 1.29 is 14.3 Å². The van der Waals surface area contributed by atoms with Gasteiger partial charge in [-0.05, 0) is 58.0 Å². The Hall–Kier alpha value is -1.59. The Morgan fingerprint density at radius 1 is 1.43 bits per heavy atom. The van der Waals surface area contributed by atoms with E-state index in [1.54, 1.807) is 0 Å². The molecule has 1 saturated heterocycles. The van der Waals surface area contributed by atoms with E-state index in [9.17, 15) is 4.79 Å². The maximum absolute atomic E-state index is 12.2.